The van der Waals surface area contributed by atoms with Gasteiger partial charge in [-0.1, -0.05) is 41.7 Å². The lowest BCUT2D eigenvalue weighted by atomic mass is 10.1. The van der Waals surface area contributed by atoms with Crippen molar-refractivity contribution in [2.75, 3.05) is 11.6 Å². The molecule has 3 aromatic carbocycles. The highest BCUT2D eigenvalue weighted by molar-refractivity contribution is 7.90. The maximum atomic E-state index is 12.9. The Kier molecular flexibility index (Phi) is 6.15. The normalized spacial score (nSPS) is 12.1. The molecule has 0 aliphatic heterocycles. The number of benzene rings is 3. The van der Waals surface area contributed by atoms with Crippen LogP contribution in [0.5, 0.6) is 0 Å². The molecule has 0 radical (unpaired) electrons. The van der Waals surface area contributed by atoms with Crippen LogP contribution in [-0.2, 0) is 14.6 Å². The van der Waals surface area contributed by atoms with Crippen molar-refractivity contribution in [2.45, 2.75) is 18.7 Å². The Balaban J connectivity index is 1.44. The summed E-state index contributed by atoms with van der Waals surface area (Å²) in [7, 11) is -3.36. The van der Waals surface area contributed by atoms with Crippen molar-refractivity contribution in [3.8, 4) is 11.8 Å². The van der Waals surface area contributed by atoms with Gasteiger partial charge in [0.25, 0.3) is 5.91 Å². The summed E-state index contributed by atoms with van der Waals surface area (Å²) in [6.45, 7) is 3.94. The van der Waals surface area contributed by atoms with Crippen molar-refractivity contribution < 1.29 is 13.2 Å². The Morgan fingerprint density at radius 2 is 1.81 bits per heavy atom. The first-order chi connectivity index (χ1) is 17.6. The van der Waals surface area contributed by atoms with Crippen molar-refractivity contribution in [3.63, 3.8) is 0 Å². The number of aryl methyl sites for hydroxylation is 1. The highest BCUT2D eigenvalue weighted by Gasteiger charge is 2.17. The number of carbonyl (C=O) groups is 1. The molecule has 7 nitrogen and oxygen atoms in total. The SMILES string of the molecule is Cc1cc(/C=C(\C#N)C(=O)Nc2nc3ccc(S(C)(=O)=O)cc3s2)c(C)n1-c1ccc2ccccc2c1. The summed E-state index contributed by atoms with van der Waals surface area (Å²) < 4.78 is 26.4. The molecular formula is C28H22N4O3S2. The van der Waals surface area contributed by atoms with Gasteiger partial charge in [0.05, 0.1) is 15.1 Å². The molecule has 5 rings (SSSR count). The number of carbonyl (C=O) groups excluding carboxylic acids is 1. The van der Waals surface area contributed by atoms with Crippen molar-refractivity contribution in [1.29, 1.82) is 5.26 Å². The number of amides is 1. The van der Waals surface area contributed by atoms with Gasteiger partial charge in [0.1, 0.15) is 11.6 Å². The Morgan fingerprint density at radius 1 is 1.05 bits per heavy atom. The van der Waals surface area contributed by atoms with Crippen LogP contribution in [0.1, 0.15) is 17.0 Å². The minimum Gasteiger partial charge on any atom is -0.318 e. The van der Waals surface area contributed by atoms with E-state index < -0.39 is 15.7 Å². The van der Waals surface area contributed by atoms with Gasteiger partial charge in [-0.15, -0.1) is 0 Å². The first-order valence-electron chi connectivity index (χ1n) is 11.4. The minimum absolute atomic E-state index is 0.0603. The Labute approximate surface area is 218 Å². The summed E-state index contributed by atoms with van der Waals surface area (Å²) in [6.07, 6.45) is 2.71. The molecule has 1 N–H and O–H groups in total. The predicted molar refractivity (Wildman–Crippen MR) is 148 cm³/mol. The highest BCUT2D eigenvalue weighted by atomic mass is 32.2. The van der Waals surface area contributed by atoms with Crippen molar-refractivity contribution in [2.24, 2.45) is 0 Å². The van der Waals surface area contributed by atoms with E-state index >= 15 is 0 Å². The summed E-state index contributed by atoms with van der Waals surface area (Å²) in [5, 5.41) is 15.0. The molecule has 2 aromatic heterocycles. The van der Waals surface area contributed by atoms with Crippen LogP contribution >= 0.6 is 11.3 Å². The molecule has 0 aliphatic carbocycles. The van der Waals surface area contributed by atoms with Gasteiger partial charge in [0.2, 0.25) is 0 Å². The van der Waals surface area contributed by atoms with E-state index in [9.17, 15) is 18.5 Å². The summed E-state index contributed by atoms with van der Waals surface area (Å²) in [4.78, 5) is 17.5. The zero-order chi connectivity index (χ0) is 26.3. The highest BCUT2D eigenvalue weighted by Crippen LogP contribution is 2.29. The average Bonchev–Trinajstić information content (AvgIpc) is 3.39. The monoisotopic (exact) mass is 526 g/mol. The number of hydrogen-bond acceptors (Lipinski definition) is 6. The molecule has 1 amide bonds. The topological polar surface area (TPSA) is 105 Å². The Hall–Kier alpha value is -4.26. The molecule has 0 atom stereocenters. The molecule has 0 saturated carbocycles. The van der Waals surface area contributed by atoms with Gasteiger partial charge in [0, 0.05) is 23.3 Å². The third-order valence-electron chi connectivity index (χ3n) is 6.13. The molecule has 9 heteroatoms. The Morgan fingerprint density at radius 3 is 2.54 bits per heavy atom. The number of nitrogens with zero attached hydrogens (tertiary/aromatic N) is 3. The molecule has 5 aromatic rings. The molecule has 37 heavy (non-hydrogen) atoms. The number of nitriles is 1. The van der Waals surface area contributed by atoms with Gasteiger partial charge in [-0.2, -0.15) is 5.26 Å². The lowest BCUT2D eigenvalue weighted by Gasteiger charge is -2.11. The first-order valence-corrected chi connectivity index (χ1v) is 14.1. The van der Waals surface area contributed by atoms with Crippen LogP contribution in [0, 0.1) is 25.2 Å². The van der Waals surface area contributed by atoms with E-state index in [0.29, 0.717) is 10.2 Å². The largest absolute Gasteiger partial charge is 0.318 e. The van der Waals surface area contributed by atoms with E-state index in [4.69, 9.17) is 0 Å². The lowest BCUT2D eigenvalue weighted by molar-refractivity contribution is -0.112. The number of aromatic nitrogens is 2. The molecule has 184 valence electrons. The fraction of sp³-hybridized carbons (Fsp3) is 0.107. The van der Waals surface area contributed by atoms with Crippen molar-refractivity contribution in [3.05, 3.63) is 89.3 Å². The van der Waals surface area contributed by atoms with E-state index in [1.54, 1.807) is 12.1 Å². The van der Waals surface area contributed by atoms with E-state index in [0.717, 1.165) is 51.0 Å². The van der Waals surface area contributed by atoms with Gasteiger partial charge in [-0.05, 0) is 72.7 Å². The minimum atomic E-state index is -3.36. The van der Waals surface area contributed by atoms with Crippen LogP contribution in [0.2, 0.25) is 0 Å². The summed E-state index contributed by atoms with van der Waals surface area (Å²) in [5.74, 6) is -0.583. The second-order valence-electron chi connectivity index (χ2n) is 8.74. The molecule has 0 spiro atoms. The van der Waals surface area contributed by atoms with Gasteiger partial charge < -0.3 is 4.57 Å². The zero-order valence-corrected chi connectivity index (χ0v) is 21.9. The van der Waals surface area contributed by atoms with Crippen LogP contribution < -0.4 is 5.32 Å². The Bertz CT molecular complexity index is 1890. The van der Waals surface area contributed by atoms with E-state index in [1.165, 1.54) is 12.1 Å². The number of fused-ring (bicyclic) bond motifs is 2. The lowest BCUT2D eigenvalue weighted by Crippen LogP contribution is -2.13. The van der Waals surface area contributed by atoms with Crippen LogP contribution in [0.3, 0.4) is 0 Å². The number of thiazole rings is 1. The van der Waals surface area contributed by atoms with Crippen LogP contribution in [-0.4, -0.2) is 30.1 Å². The second kappa shape index (κ2) is 9.32. The van der Waals surface area contributed by atoms with Gasteiger partial charge in [0.15, 0.2) is 15.0 Å². The fourth-order valence-corrected chi connectivity index (χ4v) is 5.93. The summed E-state index contributed by atoms with van der Waals surface area (Å²) >= 11 is 1.15. The third-order valence-corrected chi connectivity index (χ3v) is 8.18. The molecule has 0 saturated heterocycles. The van der Waals surface area contributed by atoms with Crippen LogP contribution in [0.15, 0.2) is 77.2 Å². The summed E-state index contributed by atoms with van der Waals surface area (Å²) in [5.41, 5.74) is 4.15. The number of anilines is 1. The molecule has 0 bridgehead atoms. The van der Waals surface area contributed by atoms with Crippen molar-refractivity contribution >= 4 is 59.3 Å². The number of nitrogens with one attached hydrogen (secondary N) is 1. The predicted octanol–water partition coefficient (Wildman–Crippen LogP) is 5.81. The smallest absolute Gasteiger partial charge is 0.268 e. The van der Waals surface area contributed by atoms with Crippen LogP contribution in [0.4, 0.5) is 5.13 Å². The first kappa shape index (κ1) is 24.4. The fourth-order valence-electron chi connectivity index (χ4n) is 4.30. The number of hydrogen-bond donors (Lipinski definition) is 1. The van der Waals surface area contributed by atoms with Gasteiger partial charge in [-0.3, -0.25) is 10.1 Å². The molecular weight excluding hydrogens is 504 g/mol. The number of rotatable bonds is 5. The van der Waals surface area contributed by atoms with E-state index in [1.807, 2.05) is 38.1 Å². The van der Waals surface area contributed by atoms with Crippen molar-refractivity contribution in [1.82, 2.24) is 9.55 Å². The molecule has 0 aliphatic rings. The third kappa shape index (κ3) is 4.77. The summed E-state index contributed by atoms with van der Waals surface area (Å²) in [6, 6.07) is 22.9. The number of sulfone groups is 1. The van der Waals surface area contributed by atoms with Crippen LogP contribution in [0.25, 0.3) is 32.8 Å². The molecule has 0 unspecified atom stereocenters. The van der Waals surface area contributed by atoms with Gasteiger partial charge >= 0.3 is 0 Å². The second-order valence-corrected chi connectivity index (χ2v) is 11.8. The molecule has 2 heterocycles. The van der Waals surface area contributed by atoms with E-state index in [-0.39, 0.29) is 15.6 Å². The maximum Gasteiger partial charge on any atom is 0.268 e. The molecule has 0 fully saturated rings. The zero-order valence-electron chi connectivity index (χ0n) is 20.3. The quantitative estimate of drug-likeness (QED) is 0.230. The van der Waals surface area contributed by atoms with E-state index in [2.05, 4.69) is 45.2 Å². The van der Waals surface area contributed by atoms with Gasteiger partial charge in [-0.25, -0.2) is 13.4 Å². The maximum absolute atomic E-state index is 12.9. The standard InChI is InChI=1S/C28H22N4O3S2/c1-17-12-21(18(2)32(17)23-9-8-19-6-4-5-7-20(19)14-23)13-22(16-29)27(33)31-28-30-25-11-10-24(37(3,34)35)15-26(25)36-28/h4-15H,1-3H3,(H,30,31,33)/b22-13+. The average molecular weight is 527 g/mol.